The van der Waals surface area contributed by atoms with Gasteiger partial charge >= 0.3 is 5.97 Å². The smallest absolute Gasteiger partial charge is 0.344 e. The Kier molecular flexibility index (Phi) is 10.6. The van der Waals surface area contributed by atoms with E-state index in [0.29, 0.717) is 0 Å². The molecule has 0 aliphatic carbocycles. The number of hydrogen-bond donors (Lipinski definition) is 1. The van der Waals surface area contributed by atoms with Crippen LogP contribution in [0.5, 0.6) is 0 Å². The number of hydrogen-bond acceptors (Lipinski definition) is 1. The van der Waals surface area contributed by atoms with E-state index in [1.807, 2.05) is 0 Å². The van der Waals surface area contributed by atoms with Crippen molar-refractivity contribution in [3.8, 4) is 0 Å². The largest absolute Gasteiger partial charge is 0.478 e. The molecule has 1 unspecified atom stereocenters. The number of carboxylic acids is 1. The van der Waals surface area contributed by atoms with Crippen LogP contribution in [0.4, 0.5) is 0 Å². The topological polar surface area (TPSA) is 37.3 Å². The fourth-order valence-electron chi connectivity index (χ4n) is 3.02. The molecule has 0 saturated heterocycles. The van der Waals surface area contributed by atoms with Crippen molar-refractivity contribution in [2.24, 2.45) is 0 Å². The molecule has 1 N–H and O–H groups in total. The van der Waals surface area contributed by atoms with E-state index in [-0.39, 0.29) is 5.66 Å². The van der Waals surface area contributed by atoms with Crippen LogP contribution in [0.1, 0.15) is 72.6 Å². The highest BCUT2D eigenvalue weighted by Gasteiger charge is 2.47. The molecule has 0 bridgehead atoms. The number of carboxylic acid groups (broad SMARTS) is 1. The molecular weight excluding hydrogens is 255 g/mol. The lowest BCUT2D eigenvalue weighted by Crippen LogP contribution is -2.29. The highest BCUT2D eigenvalue weighted by molar-refractivity contribution is 7.77. The van der Waals surface area contributed by atoms with E-state index >= 15 is 0 Å². The van der Waals surface area contributed by atoms with Crippen molar-refractivity contribution < 1.29 is 9.90 Å². The second-order valence-electron chi connectivity index (χ2n) is 5.71. The number of rotatable bonds is 12. The van der Waals surface area contributed by atoms with Gasteiger partial charge in [0.05, 0.1) is 18.5 Å². The van der Waals surface area contributed by atoms with E-state index in [9.17, 15) is 9.90 Å². The molecule has 0 radical (unpaired) electrons. The molecule has 0 aromatic rings. The first-order chi connectivity index (χ1) is 9.07. The first-order valence-corrected chi connectivity index (χ1v) is 10.6. The van der Waals surface area contributed by atoms with Crippen molar-refractivity contribution in [3.63, 3.8) is 0 Å². The normalized spacial score (nSPS) is 13.5. The molecule has 114 valence electrons. The molecule has 0 aromatic heterocycles. The zero-order valence-electron chi connectivity index (χ0n) is 13.5. The number of aliphatic carboxylic acids is 1. The van der Waals surface area contributed by atoms with Crippen molar-refractivity contribution in [2.75, 3.05) is 18.5 Å². The van der Waals surface area contributed by atoms with Gasteiger partial charge in [0, 0.05) is 7.26 Å². The average molecular weight is 289 g/mol. The first-order valence-electron chi connectivity index (χ1n) is 8.16. The second kappa shape index (κ2) is 10.7. The van der Waals surface area contributed by atoms with Gasteiger partial charge in [-0.3, -0.25) is 0 Å². The molecule has 0 heterocycles. The van der Waals surface area contributed by atoms with Crippen LogP contribution in [0.2, 0.25) is 0 Å². The maximum atomic E-state index is 11.7. The van der Waals surface area contributed by atoms with E-state index < -0.39 is 13.2 Å². The van der Waals surface area contributed by atoms with Crippen LogP contribution >= 0.6 is 7.26 Å². The predicted octanol–water partition coefficient (Wildman–Crippen LogP) is 5.27. The summed E-state index contributed by atoms with van der Waals surface area (Å²) >= 11 is 0. The Balaban J connectivity index is 5.10. The Morgan fingerprint density at radius 1 is 0.895 bits per heavy atom. The van der Waals surface area contributed by atoms with Gasteiger partial charge in [0.25, 0.3) is 0 Å². The molecule has 3 heteroatoms. The Morgan fingerprint density at radius 3 is 1.47 bits per heavy atom. The standard InChI is InChI=1S/C16H33O2P/c1-5-9-12-19(13-10-6-2,14-11-7-3)15(8-4)16(17)18/h15H,5-14H2,1-4H3/p+1. The summed E-state index contributed by atoms with van der Waals surface area (Å²) in [6.45, 7) is 8.72. The predicted molar refractivity (Wildman–Crippen MR) is 88.0 cm³/mol. The minimum atomic E-state index is -1.31. The molecular formula is C16H34O2P+. The van der Waals surface area contributed by atoms with Crippen molar-refractivity contribution in [3.05, 3.63) is 0 Å². The third-order valence-electron chi connectivity index (χ3n) is 4.20. The SMILES string of the molecule is CCCC[P+](CCCC)(CCCC)C(CC)C(=O)O. The summed E-state index contributed by atoms with van der Waals surface area (Å²) in [6.07, 6.45) is 11.6. The Hall–Kier alpha value is -0.100. The summed E-state index contributed by atoms with van der Waals surface area (Å²) in [6, 6.07) is 0. The van der Waals surface area contributed by atoms with E-state index in [1.54, 1.807) is 0 Å². The summed E-state index contributed by atoms with van der Waals surface area (Å²) in [7, 11) is -1.31. The molecule has 0 fully saturated rings. The van der Waals surface area contributed by atoms with Gasteiger partial charge in [-0.15, -0.1) is 0 Å². The average Bonchev–Trinajstić information content (AvgIpc) is 2.40. The third-order valence-corrected chi connectivity index (χ3v) is 9.73. The fourth-order valence-corrected chi connectivity index (χ4v) is 8.71. The van der Waals surface area contributed by atoms with Crippen LogP contribution in [0.3, 0.4) is 0 Å². The van der Waals surface area contributed by atoms with Crippen LogP contribution in [0.15, 0.2) is 0 Å². The molecule has 2 nitrogen and oxygen atoms in total. The highest BCUT2D eigenvalue weighted by atomic mass is 31.2. The minimum Gasteiger partial charge on any atom is -0.478 e. The number of carbonyl (C=O) groups is 1. The van der Waals surface area contributed by atoms with E-state index in [2.05, 4.69) is 27.7 Å². The van der Waals surface area contributed by atoms with Crippen molar-refractivity contribution in [1.29, 1.82) is 0 Å². The van der Waals surface area contributed by atoms with Gasteiger partial charge in [-0.25, -0.2) is 4.79 Å². The minimum absolute atomic E-state index is 0.0443. The molecule has 19 heavy (non-hydrogen) atoms. The van der Waals surface area contributed by atoms with Gasteiger partial charge in [0.15, 0.2) is 5.66 Å². The van der Waals surface area contributed by atoms with Gasteiger partial charge in [0.2, 0.25) is 0 Å². The maximum absolute atomic E-state index is 11.7. The zero-order chi connectivity index (χ0) is 14.7. The molecule has 0 aromatic carbocycles. The summed E-state index contributed by atoms with van der Waals surface area (Å²) in [5.74, 6) is -0.529. The molecule has 1 atom stereocenters. The fraction of sp³-hybridized carbons (Fsp3) is 0.938. The van der Waals surface area contributed by atoms with Gasteiger partial charge < -0.3 is 5.11 Å². The lowest BCUT2D eigenvalue weighted by atomic mass is 10.3. The monoisotopic (exact) mass is 289 g/mol. The summed E-state index contributed by atoms with van der Waals surface area (Å²) < 4.78 is 0. The van der Waals surface area contributed by atoms with Crippen molar-refractivity contribution in [1.82, 2.24) is 0 Å². The van der Waals surface area contributed by atoms with E-state index in [0.717, 1.165) is 6.42 Å². The molecule has 0 aliphatic rings. The molecule has 0 spiro atoms. The molecule has 0 rings (SSSR count). The van der Waals surface area contributed by atoms with Crippen molar-refractivity contribution in [2.45, 2.75) is 78.3 Å². The Labute approximate surface area is 120 Å². The second-order valence-corrected chi connectivity index (χ2v) is 10.1. The Bertz CT molecular complexity index is 219. The van der Waals surface area contributed by atoms with Crippen molar-refractivity contribution >= 4 is 13.2 Å². The lowest BCUT2D eigenvalue weighted by Gasteiger charge is -2.32. The van der Waals surface area contributed by atoms with Gasteiger partial charge in [0.1, 0.15) is 0 Å². The van der Waals surface area contributed by atoms with Crippen LogP contribution in [0, 0.1) is 0 Å². The van der Waals surface area contributed by atoms with Crippen LogP contribution in [-0.4, -0.2) is 35.2 Å². The van der Waals surface area contributed by atoms with Crippen LogP contribution in [-0.2, 0) is 4.79 Å². The number of unbranched alkanes of at least 4 members (excludes halogenated alkanes) is 3. The summed E-state index contributed by atoms with van der Waals surface area (Å²) in [5.41, 5.74) is -0.0443. The van der Waals surface area contributed by atoms with E-state index in [4.69, 9.17) is 0 Å². The zero-order valence-corrected chi connectivity index (χ0v) is 14.3. The molecule has 0 amide bonds. The first kappa shape index (κ1) is 18.9. The van der Waals surface area contributed by atoms with E-state index in [1.165, 1.54) is 57.0 Å². The summed E-state index contributed by atoms with van der Waals surface area (Å²) in [4.78, 5) is 11.7. The highest BCUT2D eigenvalue weighted by Crippen LogP contribution is 2.65. The summed E-state index contributed by atoms with van der Waals surface area (Å²) in [5, 5.41) is 9.63. The van der Waals surface area contributed by atoms with Gasteiger partial charge in [-0.2, -0.15) is 0 Å². The lowest BCUT2D eigenvalue weighted by molar-refractivity contribution is -0.136. The Morgan fingerprint density at radius 2 is 1.26 bits per heavy atom. The van der Waals surface area contributed by atoms with Gasteiger partial charge in [-0.05, 0) is 25.7 Å². The maximum Gasteiger partial charge on any atom is 0.344 e. The van der Waals surface area contributed by atoms with Crippen LogP contribution in [0.25, 0.3) is 0 Å². The van der Waals surface area contributed by atoms with Gasteiger partial charge in [-0.1, -0.05) is 47.0 Å². The molecule has 0 saturated carbocycles. The third kappa shape index (κ3) is 6.25. The quantitative estimate of drug-likeness (QED) is 0.497. The molecule has 0 aliphatic heterocycles. The van der Waals surface area contributed by atoms with Crippen LogP contribution < -0.4 is 0 Å².